The molecule has 0 unspecified atom stereocenters. The lowest BCUT2D eigenvalue weighted by atomic mass is 10.1. The number of benzene rings is 2. The third kappa shape index (κ3) is 3.13. The van der Waals surface area contributed by atoms with Crippen LogP contribution >= 0.6 is 0 Å². The van der Waals surface area contributed by atoms with E-state index in [2.05, 4.69) is 4.74 Å². The average molecular weight is 315 g/mol. The van der Waals surface area contributed by atoms with Gasteiger partial charge in [0.1, 0.15) is 17.1 Å². The van der Waals surface area contributed by atoms with Crippen molar-refractivity contribution in [3.8, 4) is 11.5 Å². The summed E-state index contributed by atoms with van der Waals surface area (Å²) in [5.41, 5.74) is 4.72. The first-order valence-corrected chi connectivity index (χ1v) is 6.49. The standard InChI is InChI=1S/C16H13NO6/c1-8(18)9-4-2-6-11(14(9)20)16(22)23-15(21)10-5-3-7-12(19)13(10)17/h2-7,19-20H,17H2,1H3. The number of hydrogen-bond donors (Lipinski definition) is 3. The van der Waals surface area contributed by atoms with Crippen molar-refractivity contribution in [2.45, 2.75) is 6.92 Å². The van der Waals surface area contributed by atoms with Crippen LogP contribution in [0.3, 0.4) is 0 Å². The summed E-state index contributed by atoms with van der Waals surface area (Å²) in [5, 5.41) is 19.4. The molecule has 0 atom stereocenters. The van der Waals surface area contributed by atoms with Crippen LogP contribution in [-0.2, 0) is 4.74 Å². The molecule has 2 aromatic carbocycles. The van der Waals surface area contributed by atoms with Crippen molar-refractivity contribution >= 4 is 23.4 Å². The van der Waals surface area contributed by atoms with Crippen LogP contribution in [0.2, 0.25) is 0 Å². The van der Waals surface area contributed by atoms with Gasteiger partial charge in [0.2, 0.25) is 0 Å². The molecule has 0 aliphatic heterocycles. The van der Waals surface area contributed by atoms with E-state index in [4.69, 9.17) is 5.73 Å². The van der Waals surface area contributed by atoms with Crippen LogP contribution in [0.1, 0.15) is 38.0 Å². The van der Waals surface area contributed by atoms with Gasteiger partial charge < -0.3 is 20.7 Å². The van der Waals surface area contributed by atoms with Crippen molar-refractivity contribution < 1.29 is 29.3 Å². The predicted octanol–water partition coefficient (Wildman–Crippen LogP) is 1.88. The Balaban J connectivity index is 2.29. The van der Waals surface area contributed by atoms with Crippen molar-refractivity contribution in [2.75, 3.05) is 5.73 Å². The zero-order valence-electron chi connectivity index (χ0n) is 12.1. The van der Waals surface area contributed by atoms with Crippen molar-refractivity contribution in [2.24, 2.45) is 0 Å². The SMILES string of the molecule is CC(=O)c1cccc(C(=O)OC(=O)c2cccc(O)c2N)c1O. The van der Waals surface area contributed by atoms with Crippen molar-refractivity contribution in [1.29, 1.82) is 0 Å². The first kappa shape index (κ1) is 16.0. The monoisotopic (exact) mass is 315 g/mol. The summed E-state index contributed by atoms with van der Waals surface area (Å²) in [6.45, 7) is 1.22. The van der Waals surface area contributed by atoms with Gasteiger partial charge in [0.25, 0.3) is 0 Å². The van der Waals surface area contributed by atoms with E-state index in [1.54, 1.807) is 0 Å². The number of para-hydroxylation sites is 2. The van der Waals surface area contributed by atoms with Gasteiger partial charge in [-0.15, -0.1) is 0 Å². The van der Waals surface area contributed by atoms with Gasteiger partial charge in [-0.1, -0.05) is 12.1 Å². The Morgan fingerprint density at radius 1 is 0.913 bits per heavy atom. The van der Waals surface area contributed by atoms with E-state index in [1.807, 2.05) is 0 Å². The highest BCUT2D eigenvalue weighted by atomic mass is 16.6. The molecule has 0 bridgehead atoms. The first-order valence-electron chi connectivity index (χ1n) is 6.49. The molecule has 0 heterocycles. The molecule has 2 aromatic rings. The van der Waals surface area contributed by atoms with E-state index in [9.17, 15) is 24.6 Å². The Kier molecular flexibility index (Phi) is 4.31. The van der Waals surface area contributed by atoms with Gasteiger partial charge in [0.05, 0.1) is 16.8 Å². The van der Waals surface area contributed by atoms with E-state index in [0.717, 1.165) is 0 Å². The van der Waals surface area contributed by atoms with Gasteiger partial charge in [-0.2, -0.15) is 0 Å². The number of phenols is 2. The van der Waals surface area contributed by atoms with E-state index in [1.165, 1.54) is 43.3 Å². The van der Waals surface area contributed by atoms with Gasteiger partial charge >= 0.3 is 11.9 Å². The number of carbonyl (C=O) groups excluding carboxylic acids is 3. The third-order valence-electron chi connectivity index (χ3n) is 3.12. The lowest BCUT2D eigenvalue weighted by Crippen LogP contribution is -2.15. The highest BCUT2D eigenvalue weighted by molar-refractivity contribution is 6.08. The summed E-state index contributed by atoms with van der Waals surface area (Å²) in [4.78, 5) is 35.3. The van der Waals surface area contributed by atoms with Crippen molar-refractivity contribution in [1.82, 2.24) is 0 Å². The number of nitrogens with two attached hydrogens (primary N) is 1. The molecule has 4 N–H and O–H groups in total. The van der Waals surface area contributed by atoms with Gasteiger partial charge in [0.15, 0.2) is 5.78 Å². The second-order valence-electron chi connectivity index (χ2n) is 4.67. The van der Waals surface area contributed by atoms with Crippen LogP contribution < -0.4 is 5.73 Å². The number of esters is 2. The van der Waals surface area contributed by atoms with E-state index in [0.29, 0.717) is 0 Å². The number of ether oxygens (including phenoxy) is 1. The number of rotatable bonds is 3. The zero-order chi connectivity index (χ0) is 17.1. The number of phenolic OH excluding ortho intramolecular Hbond substituents is 2. The molecule has 0 saturated heterocycles. The fourth-order valence-electron chi connectivity index (χ4n) is 1.92. The summed E-state index contributed by atoms with van der Waals surface area (Å²) >= 11 is 0. The van der Waals surface area contributed by atoms with Crippen LogP contribution in [0, 0.1) is 0 Å². The summed E-state index contributed by atoms with van der Waals surface area (Å²) in [6.07, 6.45) is 0. The predicted molar refractivity (Wildman–Crippen MR) is 80.4 cm³/mol. The minimum atomic E-state index is -1.14. The molecule has 0 radical (unpaired) electrons. The zero-order valence-corrected chi connectivity index (χ0v) is 12.1. The smallest absolute Gasteiger partial charge is 0.349 e. The number of ketones is 1. The summed E-state index contributed by atoms with van der Waals surface area (Å²) < 4.78 is 4.63. The molecule has 0 aliphatic rings. The minimum Gasteiger partial charge on any atom is -0.506 e. The molecule has 0 spiro atoms. The maximum atomic E-state index is 12.0. The third-order valence-corrected chi connectivity index (χ3v) is 3.12. The fraction of sp³-hybridized carbons (Fsp3) is 0.0625. The molecular weight excluding hydrogens is 302 g/mol. The summed E-state index contributed by atoms with van der Waals surface area (Å²) in [7, 11) is 0. The van der Waals surface area contributed by atoms with E-state index in [-0.39, 0.29) is 28.1 Å². The van der Waals surface area contributed by atoms with Crippen LogP contribution in [0.4, 0.5) is 5.69 Å². The van der Waals surface area contributed by atoms with E-state index < -0.39 is 23.5 Å². The quantitative estimate of drug-likeness (QED) is 0.259. The number of hydrogen-bond acceptors (Lipinski definition) is 7. The Hall–Kier alpha value is -3.35. The molecule has 0 amide bonds. The first-order chi connectivity index (χ1) is 10.8. The molecule has 0 fully saturated rings. The minimum absolute atomic E-state index is 0.0660. The van der Waals surface area contributed by atoms with E-state index >= 15 is 0 Å². The molecular formula is C16H13NO6. The Morgan fingerprint density at radius 3 is 2.09 bits per heavy atom. The Labute approximate surface area is 130 Å². The largest absolute Gasteiger partial charge is 0.506 e. The second kappa shape index (κ2) is 6.18. The second-order valence-corrected chi connectivity index (χ2v) is 4.67. The Morgan fingerprint density at radius 2 is 1.43 bits per heavy atom. The van der Waals surface area contributed by atoms with Gasteiger partial charge in [-0.05, 0) is 31.2 Å². The molecule has 2 rings (SSSR count). The van der Waals surface area contributed by atoms with Crippen LogP contribution in [0.25, 0.3) is 0 Å². The number of Topliss-reactive ketones (excluding diaryl/α,β-unsaturated/α-hetero) is 1. The van der Waals surface area contributed by atoms with Gasteiger partial charge in [0, 0.05) is 0 Å². The fourth-order valence-corrected chi connectivity index (χ4v) is 1.92. The van der Waals surface area contributed by atoms with Crippen molar-refractivity contribution in [3.05, 3.63) is 53.1 Å². The Bertz CT molecular complexity index is 812. The topological polar surface area (TPSA) is 127 Å². The number of anilines is 1. The highest BCUT2D eigenvalue weighted by Crippen LogP contribution is 2.26. The molecule has 0 aliphatic carbocycles. The average Bonchev–Trinajstić information content (AvgIpc) is 2.49. The van der Waals surface area contributed by atoms with Crippen LogP contribution in [0.15, 0.2) is 36.4 Å². The van der Waals surface area contributed by atoms with Gasteiger partial charge in [-0.3, -0.25) is 4.79 Å². The van der Waals surface area contributed by atoms with Crippen molar-refractivity contribution in [3.63, 3.8) is 0 Å². The highest BCUT2D eigenvalue weighted by Gasteiger charge is 2.22. The number of aromatic hydroxyl groups is 2. The molecule has 23 heavy (non-hydrogen) atoms. The normalized spacial score (nSPS) is 10.1. The van der Waals surface area contributed by atoms with Crippen LogP contribution in [0.5, 0.6) is 11.5 Å². The molecule has 118 valence electrons. The summed E-state index contributed by atoms with van der Waals surface area (Å²) in [6, 6.07) is 7.83. The maximum absolute atomic E-state index is 12.0. The molecule has 0 saturated carbocycles. The summed E-state index contributed by atoms with van der Waals surface area (Å²) in [5.74, 6) is -3.56. The lowest BCUT2D eigenvalue weighted by molar-refractivity contribution is 0.0396. The molecule has 0 aromatic heterocycles. The number of carbonyl (C=O) groups is 3. The molecule has 7 nitrogen and oxygen atoms in total. The molecule has 7 heteroatoms. The van der Waals surface area contributed by atoms with Crippen LogP contribution in [-0.4, -0.2) is 27.9 Å². The van der Waals surface area contributed by atoms with Gasteiger partial charge in [-0.25, -0.2) is 9.59 Å². The maximum Gasteiger partial charge on any atom is 0.349 e. The lowest BCUT2D eigenvalue weighted by Gasteiger charge is -2.09. The number of nitrogen functional groups attached to an aromatic ring is 1.